The van der Waals surface area contributed by atoms with Crippen molar-refractivity contribution in [2.24, 2.45) is 0 Å². The predicted molar refractivity (Wildman–Crippen MR) is 91.4 cm³/mol. The average Bonchev–Trinajstić information content (AvgIpc) is 2.37. The van der Waals surface area contributed by atoms with Gasteiger partial charge in [-0.05, 0) is 46.2 Å². The van der Waals surface area contributed by atoms with Crippen LogP contribution in [0.4, 0.5) is 11.5 Å². The van der Waals surface area contributed by atoms with Gasteiger partial charge in [0, 0.05) is 11.9 Å². The van der Waals surface area contributed by atoms with Crippen molar-refractivity contribution in [3.8, 4) is 0 Å². The number of benzene rings is 1. The Kier molecular flexibility index (Phi) is 4.08. The van der Waals surface area contributed by atoms with Gasteiger partial charge in [-0.15, -0.1) is 0 Å². The van der Waals surface area contributed by atoms with Gasteiger partial charge in [0.2, 0.25) is 0 Å². The Morgan fingerprint density at radius 1 is 0.810 bits per heavy atom. The fraction of sp³-hybridized carbons (Fsp3) is 0.421. The van der Waals surface area contributed by atoms with Gasteiger partial charge in [0.1, 0.15) is 5.82 Å². The summed E-state index contributed by atoms with van der Waals surface area (Å²) in [5.74, 6) is 0.897. The second kappa shape index (κ2) is 5.51. The van der Waals surface area contributed by atoms with Gasteiger partial charge in [-0.2, -0.15) is 0 Å². The SMILES string of the molecule is CC(C)(C)c1cccc(Nc2cc(C(C)(C)C)ccn2)c1. The first kappa shape index (κ1) is 15.6. The molecule has 0 saturated carbocycles. The van der Waals surface area contributed by atoms with E-state index in [4.69, 9.17) is 0 Å². The van der Waals surface area contributed by atoms with Crippen molar-refractivity contribution in [1.29, 1.82) is 0 Å². The normalized spacial score (nSPS) is 12.3. The molecule has 0 radical (unpaired) electrons. The number of nitrogens with zero attached hydrogens (tertiary/aromatic N) is 1. The summed E-state index contributed by atoms with van der Waals surface area (Å²) < 4.78 is 0. The van der Waals surface area contributed by atoms with Crippen molar-refractivity contribution in [2.45, 2.75) is 52.4 Å². The van der Waals surface area contributed by atoms with Crippen LogP contribution in [0.2, 0.25) is 0 Å². The molecule has 2 nitrogen and oxygen atoms in total. The van der Waals surface area contributed by atoms with Crippen molar-refractivity contribution in [3.05, 3.63) is 53.7 Å². The Bertz CT molecular complexity index is 560. The van der Waals surface area contributed by atoms with E-state index in [0.717, 1.165) is 11.5 Å². The summed E-state index contributed by atoms with van der Waals surface area (Å²) in [5, 5.41) is 3.42. The lowest BCUT2D eigenvalue weighted by Crippen LogP contribution is -2.12. The molecule has 2 heteroatoms. The number of nitrogens with one attached hydrogen (secondary N) is 1. The van der Waals surface area contributed by atoms with Gasteiger partial charge in [0.15, 0.2) is 0 Å². The van der Waals surface area contributed by atoms with Crippen LogP contribution in [0.15, 0.2) is 42.6 Å². The highest BCUT2D eigenvalue weighted by atomic mass is 15.0. The number of rotatable bonds is 2. The zero-order valence-corrected chi connectivity index (χ0v) is 14.0. The molecule has 1 aromatic heterocycles. The molecule has 0 amide bonds. The molecule has 1 N–H and O–H groups in total. The zero-order chi connectivity index (χ0) is 15.7. The number of aromatic nitrogens is 1. The van der Waals surface area contributed by atoms with Gasteiger partial charge < -0.3 is 5.32 Å². The third kappa shape index (κ3) is 4.07. The van der Waals surface area contributed by atoms with Gasteiger partial charge in [-0.1, -0.05) is 53.7 Å². The molecule has 0 bridgehead atoms. The predicted octanol–water partition coefficient (Wildman–Crippen LogP) is 5.42. The lowest BCUT2D eigenvalue weighted by Gasteiger charge is -2.21. The van der Waals surface area contributed by atoms with Gasteiger partial charge in [-0.3, -0.25) is 0 Å². The first-order valence-electron chi connectivity index (χ1n) is 7.50. The molecule has 2 rings (SSSR count). The van der Waals surface area contributed by atoms with Gasteiger partial charge in [0.25, 0.3) is 0 Å². The minimum atomic E-state index is 0.132. The van der Waals surface area contributed by atoms with Crippen LogP contribution in [0.3, 0.4) is 0 Å². The summed E-state index contributed by atoms with van der Waals surface area (Å²) >= 11 is 0. The molecule has 0 saturated heterocycles. The second-order valence-electron chi connectivity index (χ2n) is 7.64. The number of pyridine rings is 1. The maximum Gasteiger partial charge on any atom is 0.130 e. The monoisotopic (exact) mass is 282 g/mol. The molecular formula is C19H26N2. The molecule has 112 valence electrons. The van der Waals surface area contributed by atoms with E-state index in [1.54, 1.807) is 0 Å². The molecular weight excluding hydrogens is 256 g/mol. The van der Waals surface area contributed by atoms with E-state index >= 15 is 0 Å². The summed E-state index contributed by atoms with van der Waals surface area (Å²) in [7, 11) is 0. The van der Waals surface area contributed by atoms with Crippen LogP contribution in [0.1, 0.15) is 52.7 Å². The van der Waals surface area contributed by atoms with Crippen LogP contribution in [-0.2, 0) is 10.8 Å². The molecule has 1 heterocycles. The molecule has 0 spiro atoms. The number of hydrogen-bond donors (Lipinski definition) is 1. The zero-order valence-electron chi connectivity index (χ0n) is 14.0. The topological polar surface area (TPSA) is 24.9 Å². The fourth-order valence-corrected chi connectivity index (χ4v) is 2.18. The molecule has 1 aromatic carbocycles. The van der Waals surface area contributed by atoms with E-state index in [-0.39, 0.29) is 10.8 Å². The fourth-order valence-electron chi connectivity index (χ4n) is 2.18. The van der Waals surface area contributed by atoms with E-state index in [1.165, 1.54) is 11.1 Å². The van der Waals surface area contributed by atoms with Crippen LogP contribution in [-0.4, -0.2) is 4.98 Å². The van der Waals surface area contributed by atoms with Crippen LogP contribution in [0, 0.1) is 0 Å². The second-order valence-corrected chi connectivity index (χ2v) is 7.64. The standard InChI is InChI=1S/C19H26N2/c1-18(2,3)14-8-7-9-16(12-14)21-17-13-15(10-11-20-17)19(4,5)6/h7-13H,1-6H3,(H,20,21). The third-order valence-corrected chi connectivity index (χ3v) is 3.63. The minimum Gasteiger partial charge on any atom is -0.340 e. The van der Waals surface area contributed by atoms with Crippen molar-refractivity contribution >= 4 is 11.5 Å². The van der Waals surface area contributed by atoms with Gasteiger partial charge in [0.05, 0.1) is 0 Å². The Hall–Kier alpha value is -1.83. The molecule has 0 aliphatic carbocycles. The first-order valence-corrected chi connectivity index (χ1v) is 7.50. The molecule has 0 aliphatic heterocycles. The lowest BCUT2D eigenvalue weighted by molar-refractivity contribution is 0.589. The summed E-state index contributed by atoms with van der Waals surface area (Å²) in [6.45, 7) is 13.3. The van der Waals surface area contributed by atoms with Gasteiger partial charge in [-0.25, -0.2) is 4.98 Å². The summed E-state index contributed by atoms with van der Waals surface area (Å²) in [5.41, 5.74) is 3.97. The van der Waals surface area contributed by atoms with Crippen molar-refractivity contribution in [2.75, 3.05) is 5.32 Å². The van der Waals surface area contributed by atoms with Crippen molar-refractivity contribution < 1.29 is 0 Å². The van der Waals surface area contributed by atoms with E-state index in [2.05, 4.69) is 88.2 Å². The van der Waals surface area contributed by atoms with Crippen LogP contribution in [0.25, 0.3) is 0 Å². The quantitative estimate of drug-likeness (QED) is 0.795. The lowest BCUT2D eigenvalue weighted by atomic mass is 9.87. The summed E-state index contributed by atoms with van der Waals surface area (Å²) in [4.78, 5) is 4.43. The first-order chi connectivity index (χ1) is 9.66. The molecule has 0 unspecified atom stereocenters. The average molecular weight is 282 g/mol. The van der Waals surface area contributed by atoms with Crippen LogP contribution < -0.4 is 5.32 Å². The summed E-state index contributed by atoms with van der Waals surface area (Å²) in [6, 6.07) is 12.8. The molecule has 0 fully saturated rings. The highest BCUT2D eigenvalue weighted by Gasteiger charge is 2.15. The molecule has 0 aliphatic rings. The largest absolute Gasteiger partial charge is 0.340 e. The van der Waals surface area contributed by atoms with E-state index in [0.29, 0.717) is 0 Å². The van der Waals surface area contributed by atoms with E-state index < -0.39 is 0 Å². The minimum absolute atomic E-state index is 0.132. The van der Waals surface area contributed by atoms with Crippen LogP contribution in [0.5, 0.6) is 0 Å². The van der Waals surface area contributed by atoms with Crippen LogP contribution >= 0.6 is 0 Å². The highest BCUT2D eigenvalue weighted by molar-refractivity contribution is 5.58. The smallest absolute Gasteiger partial charge is 0.130 e. The molecule has 21 heavy (non-hydrogen) atoms. The number of anilines is 2. The highest BCUT2D eigenvalue weighted by Crippen LogP contribution is 2.27. The van der Waals surface area contributed by atoms with Crippen molar-refractivity contribution in [1.82, 2.24) is 4.98 Å². The summed E-state index contributed by atoms with van der Waals surface area (Å²) in [6.07, 6.45) is 1.87. The van der Waals surface area contributed by atoms with E-state index in [1.807, 2.05) is 6.20 Å². The molecule has 0 atom stereocenters. The third-order valence-electron chi connectivity index (χ3n) is 3.63. The Labute approximate surface area is 128 Å². The Morgan fingerprint density at radius 2 is 1.43 bits per heavy atom. The maximum absolute atomic E-state index is 4.43. The Balaban J connectivity index is 2.27. The number of hydrogen-bond acceptors (Lipinski definition) is 2. The van der Waals surface area contributed by atoms with Crippen molar-refractivity contribution in [3.63, 3.8) is 0 Å². The molecule has 2 aromatic rings. The Morgan fingerprint density at radius 3 is 2.05 bits per heavy atom. The van der Waals surface area contributed by atoms with Gasteiger partial charge >= 0.3 is 0 Å². The van der Waals surface area contributed by atoms with E-state index in [9.17, 15) is 0 Å². The maximum atomic E-state index is 4.43.